The average molecular weight is 463 g/mol. The second kappa shape index (κ2) is 8.85. The predicted molar refractivity (Wildman–Crippen MR) is 109 cm³/mol. The molecule has 1 aromatic heterocycles. The zero-order valence-corrected chi connectivity index (χ0v) is 17.0. The maximum Gasteiger partial charge on any atom is 0.342 e. The minimum absolute atomic E-state index is 0.0294. The van der Waals surface area contributed by atoms with Crippen LogP contribution in [-0.4, -0.2) is 35.7 Å². The highest BCUT2D eigenvalue weighted by atomic mass is 79.9. The van der Waals surface area contributed by atoms with Crippen LogP contribution in [0.5, 0.6) is 11.5 Å². The average Bonchev–Trinajstić information content (AvgIpc) is 3.16. The molecule has 0 fully saturated rings. The van der Waals surface area contributed by atoms with E-state index in [-0.39, 0.29) is 11.3 Å². The number of thiazole rings is 1. The Kier molecular flexibility index (Phi) is 6.27. The van der Waals surface area contributed by atoms with Gasteiger partial charge in [-0.1, -0.05) is 15.9 Å². The first-order valence-corrected chi connectivity index (χ1v) is 9.69. The number of nitrogens with one attached hydrogen (secondary N) is 1. The van der Waals surface area contributed by atoms with Crippen LogP contribution >= 0.6 is 27.3 Å². The number of hydrogen-bond acceptors (Lipinski definition) is 7. The molecule has 0 spiro atoms. The summed E-state index contributed by atoms with van der Waals surface area (Å²) in [6.45, 7) is -0.498. The maximum absolute atomic E-state index is 12.0. The van der Waals surface area contributed by atoms with E-state index in [0.717, 1.165) is 11.3 Å². The van der Waals surface area contributed by atoms with E-state index in [9.17, 15) is 14.7 Å². The number of benzene rings is 2. The van der Waals surface area contributed by atoms with Crippen LogP contribution in [-0.2, 0) is 9.53 Å². The van der Waals surface area contributed by atoms with Crippen LogP contribution in [0, 0.1) is 0 Å². The molecule has 28 heavy (non-hydrogen) atoms. The number of phenols is 1. The van der Waals surface area contributed by atoms with E-state index >= 15 is 0 Å². The van der Waals surface area contributed by atoms with Gasteiger partial charge in [0.25, 0.3) is 5.91 Å². The normalized spacial score (nSPS) is 10.4. The van der Waals surface area contributed by atoms with E-state index in [1.54, 1.807) is 13.2 Å². The topological polar surface area (TPSA) is 97.8 Å². The Morgan fingerprint density at radius 1 is 1.21 bits per heavy atom. The zero-order valence-electron chi connectivity index (χ0n) is 14.6. The third-order valence-corrected chi connectivity index (χ3v) is 4.90. The van der Waals surface area contributed by atoms with Crippen molar-refractivity contribution in [1.82, 2.24) is 4.98 Å². The summed E-state index contributed by atoms with van der Waals surface area (Å²) in [6, 6.07) is 11.7. The second-order valence-electron chi connectivity index (χ2n) is 5.55. The highest BCUT2D eigenvalue weighted by Gasteiger charge is 2.16. The summed E-state index contributed by atoms with van der Waals surface area (Å²) in [7, 11) is 1.59. The van der Waals surface area contributed by atoms with Gasteiger partial charge in [-0.15, -0.1) is 11.3 Å². The van der Waals surface area contributed by atoms with Crippen LogP contribution < -0.4 is 10.1 Å². The van der Waals surface area contributed by atoms with Gasteiger partial charge < -0.3 is 14.6 Å². The smallest absolute Gasteiger partial charge is 0.342 e. The molecule has 7 nitrogen and oxygen atoms in total. The molecular weight excluding hydrogens is 448 g/mol. The van der Waals surface area contributed by atoms with Crippen LogP contribution in [0.15, 0.2) is 52.3 Å². The lowest BCUT2D eigenvalue weighted by Gasteiger charge is -2.06. The van der Waals surface area contributed by atoms with Crippen LogP contribution in [0.25, 0.3) is 11.3 Å². The Bertz CT molecular complexity index is 1000. The molecule has 0 unspecified atom stereocenters. The minimum Gasteiger partial charge on any atom is -0.507 e. The lowest BCUT2D eigenvalue weighted by Crippen LogP contribution is -2.20. The van der Waals surface area contributed by atoms with E-state index in [1.165, 1.54) is 23.5 Å². The number of rotatable bonds is 6. The SMILES string of the molecule is COc1ccc(-c2csc(NC(=O)COC(=O)c3cc(Br)ccc3O)n2)cc1. The van der Waals surface area contributed by atoms with Crippen molar-refractivity contribution in [2.24, 2.45) is 0 Å². The van der Waals surface area contributed by atoms with Gasteiger partial charge in [0, 0.05) is 15.4 Å². The monoisotopic (exact) mass is 462 g/mol. The van der Waals surface area contributed by atoms with E-state index in [1.807, 2.05) is 29.6 Å². The summed E-state index contributed by atoms with van der Waals surface area (Å²) < 4.78 is 10.7. The first-order chi connectivity index (χ1) is 13.5. The number of aromatic hydroxyl groups is 1. The standard InChI is InChI=1S/C19H15BrN2O5S/c1-26-13-5-2-11(3-6-13)15-10-28-19(21-15)22-17(24)9-27-18(25)14-8-12(20)4-7-16(14)23/h2-8,10,23H,9H2,1H3,(H,21,22,24). The quantitative estimate of drug-likeness (QED) is 0.535. The molecule has 1 heterocycles. The van der Waals surface area contributed by atoms with Gasteiger partial charge in [-0.3, -0.25) is 10.1 Å². The van der Waals surface area contributed by atoms with Crippen molar-refractivity contribution in [2.45, 2.75) is 0 Å². The van der Waals surface area contributed by atoms with Crippen molar-refractivity contribution in [1.29, 1.82) is 0 Å². The summed E-state index contributed by atoms with van der Waals surface area (Å²) >= 11 is 4.46. The molecule has 0 aliphatic heterocycles. The molecule has 1 amide bonds. The first kappa shape index (κ1) is 19.8. The molecular formula is C19H15BrN2O5S. The predicted octanol–water partition coefficient (Wildman–Crippen LogP) is 4.08. The molecule has 2 N–H and O–H groups in total. The molecule has 2 aromatic carbocycles. The number of esters is 1. The van der Waals surface area contributed by atoms with E-state index in [2.05, 4.69) is 26.2 Å². The molecule has 3 rings (SSSR count). The summed E-state index contributed by atoms with van der Waals surface area (Å²) in [5.74, 6) is -0.811. The van der Waals surface area contributed by atoms with Crippen molar-refractivity contribution in [2.75, 3.05) is 19.0 Å². The number of anilines is 1. The van der Waals surface area contributed by atoms with Crippen LogP contribution in [0.1, 0.15) is 10.4 Å². The molecule has 0 atom stereocenters. The summed E-state index contributed by atoms with van der Waals surface area (Å²) in [4.78, 5) is 28.4. The lowest BCUT2D eigenvalue weighted by atomic mass is 10.2. The molecule has 0 aliphatic carbocycles. The van der Waals surface area contributed by atoms with Gasteiger partial charge in [-0.05, 0) is 42.5 Å². The van der Waals surface area contributed by atoms with E-state index in [4.69, 9.17) is 9.47 Å². The number of phenolic OH excluding ortho intramolecular Hbond substituents is 1. The van der Waals surface area contributed by atoms with Gasteiger partial charge in [-0.2, -0.15) is 0 Å². The number of amides is 1. The number of methoxy groups -OCH3 is 1. The lowest BCUT2D eigenvalue weighted by molar-refractivity contribution is -0.119. The number of ether oxygens (including phenoxy) is 2. The molecule has 0 radical (unpaired) electrons. The third kappa shape index (κ3) is 4.87. The zero-order chi connectivity index (χ0) is 20.1. The number of carbonyl (C=O) groups excluding carboxylic acids is 2. The fourth-order valence-corrected chi connectivity index (χ4v) is 3.36. The van der Waals surface area contributed by atoms with Crippen molar-refractivity contribution in [3.05, 3.63) is 57.9 Å². The van der Waals surface area contributed by atoms with E-state index < -0.39 is 18.5 Å². The van der Waals surface area contributed by atoms with Gasteiger partial charge in [0.05, 0.1) is 12.8 Å². The number of nitrogens with zero attached hydrogens (tertiary/aromatic N) is 1. The highest BCUT2D eigenvalue weighted by Crippen LogP contribution is 2.26. The minimum atomic E-state index is -0.799. The van der Waals surface area contributed by atoms with Gasteiger partial charge >= 0.3 is 5.97 Å². The fourth-order valence-electron chi connectivity index (χ4n) is 2.26. The summed E-state index contributed by atoms with van der Waals surface area (Å²) in [6.07, 6.45) is 0. The van der Waals surface area contributed by atoms with Gasteiger partial charge in [0.15, 0.2) is 11.7 Å². The third-order valence-electron chi connectivity index (χ3n) is 3.65. The largest absolute Gasteiger partial charge is 0.507 e. The molecule has 0 saturated carbocycles. The van der Waals surface area contributed by atoms with Crippen LogP contribution in [0.3, 0.4) is 0 Å². The van der Waals surface area contributed by atoms with Crippen molar-refractivity contribution in [3.63, 3.8) is 0 Å². The van der Waals surface area contributed by atoms with Crippen LogP contribution in [0.4, 0.5) is 5.13 Å². The maximum atomic E-state index is 12.0. The highest BCUT2D eigenvalue weighted by molar-refractivity contribution is 9.10. The van der Waals surface area contributed by atoms with Crippen molar-refractivity contribution < 1.29 is 24.2 Å². The Balaban J connectivity index is 1.57. The Labute approximate surface area is 173 Å². The van der Waals surface area contributed by atoms with Crippen LogP contribution in [0.2, 0.25) is 0 Å². The summed E-state index contributed by atoms with van der Waals surface area (Å²) in [5, 5.41) is 14.5. The molecule has 0 aliphatic rings. The van der Waals surface area contributed by atoms with Crippen molar-refractivity contribution in [3.8, 4) is 22.8 Å². The number of halogens is 1. The first-order valence-electron chi connectivity index (χ1n) is 8.01. The fraction of sp³-hybridized carbons (Fsp3) is 0.105. The molecule has 0 bridgehead atoms. The van der Waals surface area contributed by atoms with Gasteiger partial charge in [0.1, 0.15) is 17.1 Å². The van der Waals surface area contributed by atoms with Gasteiger partial charge in [0.2, 0.25) is 0 Å². The summed E-state index contributed by atoms with van der Waals surface area (Å²) in [5.41, 5.74) is 1.56. The molecule has 9 heteroatoms. The number of hydrogen-bond donors (Lipinski definition) is 2. The molecule has 144 valence electrons. The number of carbonyl (C=O) groups is 2. The van der Waals surface area contributed by atoms with E-state index in [0.29, 0.717) is 15.3 Å². The molecule has 3 aromatic rings. The number of aromatic nitrogens is 1. The Morgan fingerprint density at radius 3 is 2.68 bits per heavy atom. The Morgan fingerprint density at radius 2 is 1.96 bits per heavy atom. The second-order valence-corrected chi connectivity index (χ2v) is 7.33. The Hall–Kier alpha value is -2.91. The van der Waals surface area contributed by atoms with Gasteiger partial charge in [-0.25, -0.2) is 9.78 Å². The van der Waals surface area contributed by atoms with Crippen molar-refractivity contribution >= 4 is 44.3 Å². The molecule has 0 saturated heterocycles.